The smallest absolute Gasteiger partial charge is 0.195 e. The third-order valence-electron chi connectivity index (χ3n) is 2.98. The van der Waals surface area contributed by atoms with Crippen molar-refractivity contribution in [3.05, 3.63) is 85.0 Å². The van der Waals surface area contributed by atoms with Crippen molar-refractivity contribution in [1.82, 2.24) is 0 Å². The summed E-state index contributed by atoms with van der Waals surface area (Å²) < 4.78 is 0. The largest absolute Gasteiger partial charge is 0.289 e. The van der Waals surface area contributed by atoms with E-state index in [2.05, 4.69) is 13.2 Å². The summed E-state index contributed by atoms with van der Waals surface area (Å²) in [5, 5.41) is 0. The van der Waals surface area contributed by atoms with Gasteiger partial charge < -0.3 is 0 Å². The molecule has 0 heterocycles. The van der Waals surface area contributed by atoms with E-state index in [1.165, 1.54) is 0 Å². The second kappa shape index (κ2) is 8.66. The van der Waals surface area contributed by atoms with Crippen molar-refractivity contribution in [1.29, 1.82) is 0 Å². The lowest BCUT2D eigenvalue weighted by atomic mass is 10.0. The highest BCUT2D eigenvalue weighted by Crippen LogP contribution is 2.29. The molecule has 0 aliphatic carbocycles. The Morgan fingerprint density at radius 2 is 1.23 bits per heavy atom. The van der Waals surface area contributed by atoms with Gasteiger partial charge in [-0.1, -0.05) is 36.4 Å². The number of thioether (sulfide) groups is 2. The Kier molecular flexibility index (Phi) is 6.56. The van der Waals surface area contributed by atoms with Crippen LogP contribution in [0.25, 0.3) is 0 Å². The van der Waals surface area contributed by atoms with Gasteiger partial charge in [0.2, 0.25) is 0 Å². The fourth-order valence-corrected chi connectivity index (χ4v) is 3.58. The summed E-state index contributed by atoms with van der Waals surface area (Å²) in [5.41, 5.74) is 1.50. The van der Waals surface area contributed by atoms with E-state index in [4.69, 9.17) is 0 Å². The molecule has 3 heteroatoms. The zero-order valence-corrected chi connectivity index (χ0v) is 14.0. The molecule has 0 aliphatic rings. The molecule has 2 rings (SSSR count). The van der Waals surface area contributed by atoms with Gasteiger partial charge in [-0.2, -0.15) is 0 Å². The quantitative estimate of drug-likeness (QED) is 0.363. The lowest BCUT2D eigenvalue weighted by Crippen LogP contribution is -2.05. The maximum absolute atomic E-state index is 12.9. The van der Waals surface area contributed by atoms with Gasteiger partial charge in [0.05, 0.1) is 0 Å². The van der Waals surface area contributed by atoms with Gasteiger partial charge in [-0.15, -0.1) is 36.7 Å². The summed E-state index contributed by atoms with van der Waals surface area (Å²) in [6.45, 7) is 7.48. The first kappa shape index (κ1) is 16.7. The van der Waals surface area contributed by atoms with E-state index in [0.717, 1.165) is 32.4 Å². The molecular weight excluding hydrogens is 308 g/mol. The average molecular weight is 326 g/mol. The molecule has 0 atom stereocenters. The van der Waals surface area contributed by atoms with Crippen LogP contribution in [0.4, 0.5) is 0 Å². The molecule has 2 aromatic rings. The molecule has 0 amide bonds. The second-order valence-corrected chi connectivity index (χ2v) is 6.64. The highest BCUT2D eigenvalue weighted by molar-refractivity contribution is 7.99. The lowest BCUT2D eigenvalue weighted by Gasteiger charge is -2.10. The molecule has 112 valence electrons. The Bertz CT molecular complexity index is 619. The number of benzene rings is 2. The van der Waals surface area contributed by atoms with Crippen LogP contribution in [-0.4, -0.2) is 17.3 Å². The summed E-state index contributed by atoms with van der Waals surface area (Å²) in [6, 6.07) is 15.5. The van der Waals surface area contributed by atoms with Gasteiger partial charge in [0.15, 0.2) is 5.78 Å². The lowest BCUT2D eigenvalue weighted by molar-refractivity contribution is 0.103. The van der Waals surface area contributed by atoms with E-state index < -0.39 is 0 Å². The Morgan fingerprint density at radius 3 is 1.64 bits per heavy atom. The monoisotopic (exact) mass is 326 g/mol. The Labute approximate surface area is 140 Å². The molecule has 0 N–H and O–H groups in total. The molecule has 0 fully saturated rings. The normalized spacial score (nSPS) is 10.2. The van der Waals surface area contributed by atoms with Gasteiger partial charge in [0.1, 0.15) is 0 Å². The van der Waals surface area contributed by atoms with Crippen molar-refractivity contribution in [3.8, 4) is 0 Å². The molecule has 0 unspecified atom stereocenters. The van der Waals surface area contributed by atoms with Crippen LogP contribution >= 0.6 is 23.5 Å². The number of rotatable bonds is 8. The van der Waals surface area contributed by atoms with Gasteiger partial charge in [-0.05, 0) is 24.3 Å². The maximum Gasteiger partial charge on any atom is 0.195 e. The molecule has 2 aromatic carbocycles. The van der Waals surface area contributed by atoms with Crippen LogP contribution in [0.2, 0.25) is 0 Å². The topological polar surface area (TPSA) is 17.1 Å². The first-order chi connectivity index (χ1) is 10.8. The molecule has 0 spiro atoms. The third-order valence-corrected chi connectivity index (χ3v) is 5.12. The second-order valence-electron chi connectivity index (χ2n) is 4.52. The summed E-state index contributed by atoms with van der Waals surface area (Å²) in [6.07, 6.45) is 3.69. The van der Waals surface area contributed by atoms with Gasteiger partial charge in [-0.25, -0.2) is 0 Å². The molecule has 0 bridgehead atoms. The summed E-state index contributed by atoms with van der Waals surface area (Å²) >= 11 is 3.26. The molecule has 1 nitrogen and oxygen atoms in total. The van der Waals surface area contributed by atoms with E-state index in [1.54, 1.807) is 23.5 Å². The van der Waals surface area contributed by atoms with E-state index in [1.807, 2.05) is 60.7 Å². The SMILES string of the molecule is C=CCSc1ccccc1C(=O)c1ccccc1SCC=C. The van der Waals surface area contributed by atoms with Crippen LogP contribution in [0.15, 0.2) is 83.6 Å². The fraction of sp³-hybridized carbons (Fsp3) is 0.105. The minimum Gasteiger partial charge on any atom is -0.289 e. The van der Waals surface area contributed by atoms with Gasteiger partial charge in [-0.3, -0.25) is 4.79 Å². The van der Waals surface area contributed by atoms with E-state index >= 15 is 0 Å². The van der Waals surface area contributed by atoms with Crippen LogP contribution in [0.3, 0.4) is 0 Å². The standard InChI is InChI=1S/C19H18OS2/c1-3-13-21-17-11-7-5-9-15(17)19(20)16-10-6-8-12-18(16)22-14-4-2/h3-12H,1-2,13-14H2. The number of hydrogen-bond donors (Lipinski definition) is 0. The fourth-order valence-electron chi connectivity index (χ4n) is 2.00. The van der Waals surface area contributed by atoms with E-state index in [-0.39, 0.29) is 5.78 Å². The predicted octanol–water partition coefficient (Wildman–Crippen LogP) is 5.47. The Balaban J connectivity index is 2.36. The molecule has 0 radical (unpaired) electrons. The van der Waals surface area contributed by atoms with Crippen LogP contribution in [0, 0.1) is 0 Å². The van der Waals surface area contributed by atoms with Crippen molar-refractivity contribution in [2.45, 2.75) is 9.79 Å². The molecule has 0 aliphatic heterocycles. The minimum atomic E-state index is 0.0688. The van der Waals surface area contributed by atoms with Crippen LogP contribution in [0.1, 0.15) is 15.9 Å². The number of carbonyl (C=O) groups is 1. The third kappa shape index (κ3) is 4.15. The van der Waals surface area contributed by atoms with Crippen molar-refractivity contribution >= 4 is 29.3 Å². The van der Waals surface area contributed by atoms with Crippen LogP contribution in [0.5, 0.6) is 0 Å². The molecule has 0 aromatic heterocycles. The Morgan fingerprint density at radius 1 is 0.818 bits per heavy atom. The highest BCUT2D eigenvalue weighted by Gasteiger charge is 2.16. The average Bonchev–Trinajstić information content (AvgIpc) is 2.58. The van der Waals surface area contributed by atoms with Gasteiger partial charge in [0, 0.05) is 32.4 Å². The van der Waals surface area contributed by atoms with Crippen molar-refractivity contribution < 1.29 is 4.79 Å². The number of carbonyl (C=O) groups excluding carboxylic acids is 1. The summed E-state index contributed by atoms with van der Waals surface area (Å²) in [4.78, 5) is 14.9. The van der Waals surface area contributed by atoms with Crippen LogP contribution < -0.4 is 0 Å². The van der Waals surface area contributed by atoms with Gasteiger partial charge in [0.25, 0.3) is 0 Å². The summed E-state index contributed by atoms with van der Waals surface area (Å²) in [5.74, 6) is 1.65. The first-order valence-corrected chi connectivity index (χ1v) is 8.95. The maximum atomic E-state index is 12.9. The predicted molar refractivity (Wildman–Crippen MR) is 98.2 cm³/mol. The summed E-state index contributed by atoms with van der Waals surface area (Å²) in [7, 11) is 0. The highest BCUT2D eigenvalue weighted by atomic mass is 32.2. The zero-order valence-electron chi connectivity index (χ0n) is 12.3. The molecular formula is C19H18OS2. The minimum absolute atomic E-state index is 0.0688. The van der Waals surface area contributed by atoms with Gasteiger partial charge >= 0.3 is 0 Å². The molecule has 22 heavy (non-hydrogen) atoms. The van der Waals surface area contributed by atoms with Crippen LogP contribution in [-0.2, 0) is 0 Å². The zero-order chi connectivity index (χ0) is 15.8. The van der Waals surface area contributed by atoms with E-state index in [9.17, 15) is 4.79 Å². The molecule has 0 saturated carbocycles. The first-order valence-electron chi connectivity index (χ1n) is 6.98. The Hall–Kier alpha value is -1.71. The number of hydrogen-bond acceptors (Lipinski definition) is 3. The van der Waals surface area contributed by atoms with Crippen molar-refractivity contribution in [2.24, 2.45) is 0 Å². The molecule has 0 saturated heterocycles. The van der Waals surface area contributed by atoms with E-state index in [0.29, 0.717) is 0 Å². The number of ketones is 1. The van der Waals surface area contributed by atoms with Crippen molar-refractivity contribution in [3.63, 3.8) is 0 Å². The van der Waals surface area contributed by atoms with Crippen molar-refractivity contribution in [2.75, 3.05) is 11.5 Å².